The molecular weight excluding hydrogens is 489 g/mol. The lowest BCUT2D eigenvalue weighted by atomic mass is 10.2. The third-order valence-corrected chi connectivity index (χ3v) is 4.40. The van der Waals surface area contributed by atoms with Crippen LogP contribution in [0.3, 0.4) is 0 Å². The van der Waals surface area contributed by atoms with E-state index in [0.717, 1.165) is 50.7 Å². The van der Waals surface area contributed by atoms with Crippen molar-refractivity contribution >= 4 is 35.6 Å². The van der Waals surface area contributed by atoms with Gasteiger partial charge in [-0.2, -0.15) is 0 Å². The highest BCUT2D eigenvalue weighted by molar-refractivity contribution is 14.0. The van der Waals surface area contributed by atoms with Crippen molar-refractivity contribution in [2.75, 3.05) is 39.4 Å². The summed E-state index contributed by atoms with van der Waals surface area (Å²) in [5, 5.41) is 17.4. The predicted octanol–water partition coefficient (Wildman–Crippen LogP) is 2.37. The SMILES string of the molecule is I.O=[N+]([O-])c1ccc(CN=C(NCCN2CCOCC2)NCc2ccco2)cc1. The lowest BCUT2D eigenvalue weighted by Crippen LogP contribution is -2.44. The highest BCUT2D eigenvalue weighted by atomic mass is 127. The summed E-state index contributed by atoms with van der Waals surface area (Å²) in [7, 11) is 0. The van der Waals surface area contributed by atoms with Crippen LogP contribution in [0.15, 0.2) is 52.1 Å². The fourth-order valence-electron chi connectivity index (χ4n) is 2.81. The molecule has 0 spiro atoms. The fraction of sp³-hybridized carbons (Fsp3) is 0.421. The van der Waals surface area contributed by atoms with Crippen LogP contribution in [0.5, 0.6) is 0 Å². The van der Waals surface area contributed by atoms with E-state index >= 15 is 0 Å². The molecule has 9 nitrogen and oxygen atoms in total. The van der Waals surface area contributed by atoms with Crippen LogP contribution in [-0.4, -0.2) is 55.2 Å². The molecule has 0 aliphatic carbocycles. The molecule has 1 aliphatic rings. The van der Waals surface area contributed by atoms with Gasteiger partial charge in [-0.15, -0.1) is 24.0 Å². The number of aliphatic imine (C=N–C) groups is 1. The molecule has 2 heterocycles. The first kappa shape index (κ1) is 23.1. The standard InChI is InChI=1S/C19H25N5O4.HI/c25-24(26)17-5-3-16(4-6-17)14-21-19(22-15-18-2-1-11-28-18)20-7-8-23-9-12-27-13-10-23;/h1-6,11H,7-10,12-15H2,(H2,20,21,22);1H. The number of nitro benzene ring substituents is 1. The quantitative estimate of drug-likeness (QED) is 0.183. The number of nitrogens with one attached hydrogen (secondary N) is 2. The first-order valence-electron chi connectivity index (χ1n) is 9.29. The zero-order valence-electron chi connectivity index (χ0n) is 16.1. The van der Waals surface area contributed by atoms with Gasteiger partial charge in [0.2, 0.25) is 0 Å². The highest BCUT2D eigenvalue weighted by Gasteiger charge is 2.10. The number of morpholine rings is 1. The Labute approximate surface area is 186 Å². The second-order valence-electron chi connectivity index (χ2n) is 6.40. The maximum atomic E-state index is 10.8. The van der Waals surface area contributed by atoms with E-state index in [1.807, 2.05) is 12.1 Å². The van der Waals surface area contributed by atoms with Crippen molar-refractivity contribution in [1.29, 1.82) is 0 Å². The van der Waals surface area contributed by atoms with E-state index < -0.39 is 4.92 Å². The Hall–Kier alpha value is -2.18. The summed E-state index contributed by atoms with van der Waals surface area (Å²) in [5.74, 6) is 1.49. The summed E-state index contributed by atoms with van der Waals surface area (Å²) in [6.45, 7) is 6.04. The molecule has 2 N–H and O–H groups in total. The molecule has 1 aliphatic heterocycles. The molecule has 0 bridgehead atoms. The lowest BCUT2D eigenvalue weighted by Gasteiger charge is -2.26. The van der Waals surface area contributed by atoms with E-state index in [1.54, 1.807) is 18.4 Å². The summed E-state index contributed by atoms with van der Waals surface area (Å²) in [6, 6.07) is 10.2. The summed E-state index contributed by atoms with van der Waals surface area (Å²) >= 11 is 0. The van der Waals surface area contributed by atoms with Gasteiger partial charge in [-0.25, -0.2) is 4.99 Å². The zero-order chi connectivity index (χ0) is 19.6. The van der Waals surface area contributed by atoms with Crippen molar-refractivity contribution in [2.24, 2.45) is 4.99 Å². The Morgan fingerprint density at radius 1 is 1.17 bits per heavy atom. The molecule has 0 amide bonds. The minimum atomic E-state index is -0.406. The maximum Gasteiger partial charge on any atom is 0.269 e. The normalized spacial score (nSPS) is 14.8. The second kappa shape index (κ2) is 12.4. The highest BCUT2D eigenvalue weighted by Crippen LogP contribution is 2.12. The van der Waals surface area contributed by atoms with Crippen molar-refractivity contribution in [2.45, 2.75) is 13.1 Å². The van der Waals surface area contributed by atoms with Gasteiger partial charge in [0, 0.05) is 38.3 Å². The number of nitrogens with zero attached hydrogens (tertiary/aromatic N) is 3. The average molecular weight is 515 g/mol. The first-order valence-corrected chi connectivity index (χ1v) is 9.29. The molecule has 2 aromatic rings. The van der Waals surface area contributed by atoms with Crippen molar-refractivity contribution in [3.05, 3.63) is 64.1 Å². The van der Waals surface area contributed by atoms with Crippen molar-refractivity contribution in [1.82, 2.24) is 15.5 Å². The summed E-state index contributed by atoms with van der Waals surface area (Å²) in [5.41, 5.74) is 0.977. The Morgan fingerprint density at radius 2 is 1.93 bits per heavy atom. The average Bonchev–Trinajstić information content (AvgIpc) is 3.24. The van der Waals surface area contributed by atoms with Gasteiger partial charge < -0.3 is 19.8 Å². The summed E-state index contributed by atoms with van der Waals surface area (Å²) in [4.78, 5) is 17.3. The molecule has 0 radical (unpaired) electrons. The zero-order valence-corrected chi connectivity index (χ0v) is 18.4. The lowest BCUT2D eigenvalue weighted by molar-refractivity contribution is -0.384. The minimum Gasteiger partial charge on any atom is -0.467 e. The van der Waals surface area contributed by atoms with Crippen molar-refractivity contribution in [3.63, 3.8) is 0 Å². The van der Waals surface area contributed by atoms with Gasteiger partial charge in [0.25, 0.3) is 5.69 Å². The number of hydrogen-bond donors (Lipinski definition) is 2. The molecule has 29 heavy (non-hydrogen) atoms. The Bertz CT molecular complexity index is 761. The Kier molecular flexibility index (Phi) is 9.88. The largest absolute Gasteiger partial charge is 0.467 e. The monoisotopic (exact) mass is 515 g/mol. The number of ether oxygens (including phenoxy) is 1. The second-order valence-corrected chi connectivity index (χ2v) is 6.40. The van der Waals surface area contributed by atoms with Gasteiger partial charge in [-0.05, 0) is 17.7 Å². The number of halogens is 1. The van der Waals surface area contributed by atoms with Crippen LogP contribution in [0.4, 0.5) is 5.69 Å². The number of rotatable bonds is 8. The number of guanidine groups is 1. The van der Waals surface area contributed by atoms with Crippen LogP contribution in [0.2, 0.25) is 0 Å². The first-order chi connectivity index (χ1) is 13.7. The molecule has 3 rings (SSSR count). The molecule has 1 aromatic heterocycles. The molecule has 10 heteroatoms. The van der Waals surface area contributed by atoms with Gasteiger partial charge >= 0.3 is 0 Å². The molecule has 158 valence electrons. The number of furan rings is 1. The number of benzene rings is 1. The van der Waals surface area contributed by atoms with E-state index in [-0.39, 0.29) is 29.7 Å². The maximum absolute atomic E-state index is 10.8. The van der Waals surface area contributed by atoms with E-state index in [1.165, 1.54) is 12.1 Å². The van der Waals surface area contributed by atoms with E-state index in [0.29, 0.717) is 19.0 Å². The molecule has 0 unspecified atom stereocenters. The van der Waals surface area contributed by atoms with E-state index in [9.17, 15) is 10.1 Å². The summed E-state index contributed by atoms with van der Waals surface area (Å²) < 4.78 is 10.7. The molecule has 1 aromatic carbocycles. The van der Waals surface area contributed by atoms with Gasteiger partial charge in [0.1, 0.15) is 5.76 Å². The van der Waals surface area contributed by atoms with Crippen molar-refractivity contribution < 1.29 is 14.1 Å². The van der Waals surface area contributed by atoms with Gasteiger partial charge in [0.15, 0.2) is 5.96 Å². The Morgan fingerprint density at radius 3 is 2.59 bits per heavy atom. The summed E-state index contributed by atoms with van der Waals surface area (Å²) in [6.07, 6.45) is 1.64. The van der Waals surface area contributed by atoms with Crippen LogP contribution < -0.4 is 10.6 Å². The van der Waals surface area contributed by atoms with Crippen LogP contribution >= 0.6 is 24.0 Å². The Balaban J connectivity index is 0.00000300. The van der Waals surface area contributed by atoms with Gasteiger partial charge in [0.05, 0.1) is 37.5 Å². The third kappa shape index (κ3) is 7.99. The van der Waals surface area contributed by atoms with Gasteiger partial charge in [-0.1, -0.05) is 12.1 Å². The molecule has 0 saturated carbocycles. The van der Waals surface area contributed by atoms with E-state index in [2.05, 4.69) is 20.5 Å². The third-order valence-electron chi connectivity index (χ3n) is 4.40. The molecular formula is C19H26IN5O4. The van der Waals surface area contributed by atoms with Crippen LogP contribution in [0.1, 0.15) is 11.3 Å². The number of non-ortho nitro benzene ring substituents is 1. The fourth-order valence-corrected chi connectivity index (χ4v) is 2.81. The molecule has 1 fully saturated rings. The van der Waals surface area contributed by atoms with Crippen LogP contribution in [0.25, 0.3) is 0 Å². The van der Waals surface area contributed by atoms with Crippen LogP contribution in [-0.2, 0) is 17.8 Å². The van der Waals surface area contributed by atoms with Gasteiger partial charge in [-0.3, -0.25) is 15.0 Å². The predicted molar refractivity (Wildman–Crippen MR) is 120 cm³/mol. The topological polar surface area (TPSA) is 105 Å². The van der Waals surface area contributed by atoms with Crippen LogP contribution in [0, 0.1) is 10.1 Å². The smallest absolute Gasteiger partial charge is 0.269 e. The number of hydrogen-bond acceptors (Lipinski definition) is 6. The van der Waals surface area contributed by atoms with E-state index in [4.69, 9.17) is 9.15 Å². The van der Waals surface area contributed by atoms with Crippen molar-refractivity contribution in [3.8, 4) is 0 Å². The number of nitro groups is 1. The molecule has 1 saturated heterocycles. The minimum absolute atomic E-state index is 0. The molecule has 0 atom stereocenters.